The molecule has 0 saturated heterocycles. The molecule has 3 heterocycles. The van der Waals surface area contributed by atoms with Gasteiger partial charge in [0.2, 0.25) is 5.91 Å². The highest BCUT2D eigenvalue weighted by Gasteiger charge is 2.17. The van der Waals surface area contributed by atoms with E-state index in [-0.39, 0.29) is 5.91 Å². The van der Waals surface area contributed by atoms with Crippen molar-refractivity contribution in [2.24, 2.45) is 0 Å². The molecular weight excluding hydrogens is 342 g/mol. The van der Waals surface area contributed by atoms with E-state index >= 15 is 0 Å². The second-order valence-electron chi connectivity index (χ2n) is 6.74. The van der Waals surface area contributed by atoms with Gasteiger partial charge < -0.3 is 4.90 Å². The summed E-state index contributed by atoms with van der Waals surface area (Å²) in [6.07, 6.45) is 2.16. The number of amides is 1. The van der Waals surface area contributed by atoms with Crippen LogP contribution in [0.5, 0.6) is 0 Å². The lowest BCUT2D eigenvalue weighted by molar-refractivity contribution is -0.131. The highest BCUT2D eigenvalue weighted by Crippen LogP contribution is 2.19. The van der Waals surface area contributed by atoms with Crippen LogP contribution >= 0.6 is 0 Å². The number of hydrogen-bond donors (Lipinski definition) is 0. The SMILES string of the molecule is CCCN(CC)C(=O)CCc1c(C)nn(-c2ccc3nnc(C)n3n2)c1C. The highest BCUT2D eigenvalue weighted by atomic mass is 16.2. The van der Waals surface area contributed by atoms with Gasteiger partial charge in [-0.15, -0.1) is 15.3 Å². The fourth-order valence-electron chi connectivity index (χ4n) is 3.38. The van der Waals surface area contributed by atoms with E-state index in [2.05, 4.69) is 27.3 Å². The minimum absolute atomic E-state index is 0.200. The van der Waals surface area contributed by atoms with Crippen molar-refractivity contribution < 1.29 is 4.79 Å². The lowest BCUT2D eigenvalue weighted by Gasteiger charge is -2.20. The lowest BCUT2D eigenvalue weighted by Crippen LogP contribution is -2.31. The predicted molar refractivity (Wildman–Crippen MR) is 103 cm³/mol. The number of hydrogen-bond acceptors (Lipinski definition) is 5. The molecule has 0 radical (unpaired) electrons. The minimum atomic E-state index is 0.200. The monoisotopic (exact) mass is 369 g/mol. The molecule has 8 nitrogen and oxygen atoms in total. The molecule has 27 heavy (non-hydrogen) atoms. The van der Waals surface area contributed by atoms with Crippen LogP contribution in [0, 0.1) is 20.8 Å². The lowest BCUT2D eigenvalue weighted by atomic mass is 10.1. The van der Waals surface area contributed by atoms with Crippen LogP contribution in [0.4, 0.5) is 0 Å². The van der Waals surface area contributed by atoms with E-state index in [1.807, 2.05) is 49.4 Å². The third-order valence-electron chi connectivity index (χ3n) is 4.88. The Balaban J connectivity index is 1.83. The van der Waals surface area contributed by atoms with E-state index in [4.69, 9.17) is 0 Å². The van der Waals surface area contributed by atoms with E-state index in [1.165, 1.54) is 0 Å². The molecule has 1 amide bonds. The molecule has 144 valence electrons. The van der Waals surface area contributed by atoms with Crippen molar-refractivity contribution in [3.63, 3.8) is 0 Å². The smallest absolute Gasteiger partial charge is 0.222 e. The van der Waals surface area contributed by atoms with E-state index in [9.17, 15) is 4.79 Å². The quantitative estimate of drug-likeness (QED) is 0.639. The van der Waals surface area contributed by atoms with E-state index < -0.39 is 0 Å². The molecule has 3 aromatic rings. The fourth-order valence-corrected chi connectivity index (χ4v) is 3.38. The Kier molecular flexibility index (Phi) is 5.53. The first kappa shape index (κ1) is 19.0. The van der Waals surface area contributed by atoms with Crippen molar-refractivity contribution in [2.75, 3.05) is 13.1 Å². The summed E-state index contributed by atoms with van der Waals surface area (Å²) in [6, 6.07) is 3.77. The third-order valence-corrected chi connectivity index (χ3v) is 4.88. The summed E-state index contributed by atoms with van der Waals surface area (Å²) in [4.78, 5) is 14.4. The topological polar surface area (TPSA) is 81.2 Å². The Bertz CT molecular complexity index is 957. The minimum Gasteiger partial charge on any atom is -0.343 e. The molecule has 0 saturated carbocycles. The standard InChI is InChI=1S/C19H27N7O/c1-6-12-24(7-2)19(27)11-8-16-13(3)22-25(14(16)4)18-10-9-17-21-20-15(5)26(17)23-18/h9-10H,6-8,11-12H2,1-5H3. The highest BCUT2D eigenvalue weighted by molar-refractivity contribution is 5.76. The van der Waals surface area contributed by atoms with Crippen molar-refractivity contribution in [1.29, 1.82) is 0 Å². The maximum Gasteiger partial charge on any atom is 0.222 e. The van der Waals surface area contributed by atoms with Crippen LogP contribution in [0.1, 0.15) is 49.5 Å². The van der Waals surface area contributed by atoms with Gasteiger partial charge >= 0.3 is 0 Å². The Hall–Kier alpha value is -2.77. The van der Waals surface area contributed by atoms with Crippen molar-refractivity contribution >= 4 is 11.6 Å². The Labute approximate surface area is 159 Å². The number of carbonyl (C=O) groups excluding carboxylic acids is 1. The van der Waals surface area contributed by atoms with Crippen LogP contribution < -0.4 is 0 Å². The molecule has 3 rings (SSSR count). The molecule has 0 N–H and O–H groups in total. The molecule has 0 unspecified atom stereocenters. The number of aromatic nitrogens is 6. The molecule has 0 atom stereocenters. The van der Waals surface area contributed by atoms with Gasteiger partial charge in [0.25, 0.3) is 0 Å². The molecule has 8 heteroatoms. The Morgan fingerprint density at radius 2 is 1.89 bits per heavy atom. The molecule has 0 bridgehead atoms. The average Bonchev–Trinajstić information content (AvgIpc) is 3.17. The predicted octanol–water partition coefficient (Wildman–Crippen LogP) is 2.43. The van der Waals surface area contributed by atoms with Gasteiger partial charge in [-0.25, -0.2) is 4.68 Å². The van der Waals surface area contributed by atoms with Gasteiger partial charge in [0.1, 0.15) is 0 Å². The second kappa shape index (κ2) is 7.85. The molecule has 3 aromatic heterocycles. The second-order valence-corrected chi connectivity index (χ2v) is 6.74. The summed E-state index contributed by atoms with van der Waals surface area (Å²) < 4.78 is 3.54. The third kappa shape index (κ3) is 3.70. The van der Waals surface area contributed by atoms with Gasteiger partial charge in [-0.05, 0) is 58.2 Å². The zero-order chi connectivity index (χ0) is 19.6. The number of nitrogens with zero attached hydrogens (tertiary/aromatic N) is 7. The van der Waals surface area contributed by atoms with Gasteiger partial charge in [0.15, 0.2) is 17.3 Å². The zero-order valence-corrected chi connectivity index (χ0v) is 16.7. The summed E-state index contributed by atoms with van der Waals surface area (Å²) in [5, 5.41) is 17.4. The summed E-state index contributed by atoms with van der Waals surface area (Å²) >= 11 is 0. The molecule has 0 aliphatic carbocycles. The number of rotatable bonds is 7. The Morgan fingerprint density at radius 1 is 1.11 bits per heavy atom. The Morgan fingerprint density at radius 3 is 2.59 bits per heavy atom. The van der Waals surface area contributed by atoms with Crippen LogP contribution in [0.25, 0.3) is 11.5 Å². The summed E-state index contributed by atoms with van der Waals surface area (Å²) in [5.74, 6) is 1.64. The zero-order valence-electron chi connectivity index (χ0n) is 16.7. The van der Waals surface area contributed by atoms with Crippen LogP contribution in [-0.4, -0.2) is 53.5 Å². The van der Waals surface area contributed by atoms with Crippen LogP contribution in [0.2, 0.25) is 0 Å². The molecule has 0 fully saturated rings. The first-order valence-corrected chi connectivity index (χ1v) is 9.48. The molecule has 0 aromatic carbocycles. The first-order valence-electron chi connectivity index (χ1n) is 9.48. The molecule has 0 spiro atoms. The normalized spacial score (nSPS) is 11.3. The summed E-state index contributed by atoms with van der Waals surface area (Å²) in [5.41, 5.74) is 3.76. The molecular formula is C19H27N7O. The van der Waals surface area contributed by atoms with Crippen molar-refractivity contribution in [3.8, 4) is 5.82 Å². The van der Waals surface area contributed by atoms with Crippen LogP contribution in [-0.2, 0) is 11.2 Å². The fraction of sp³-hybridized carbons (Fsp3) is 0.526. The number of carbonyl (C=O) groups is 1. The number of fused-ring (bicyclic) bond motifs is 1. The number of aryl methyl sites for hydroxylation is 2. The van der Waals surface area contributed by atoms with Crippen molar-refractivity contribution in [2.45, 2.75) is 53.9 Å². The largest absolute Gasteiger partial charge is 0.343 e. The van der Waals surface area contributed by atoms with Gasteiger partial charge in [-0.1, -0.05) is 6.92 Å². The molecule has 0 aliphatic heterocycles. The molecule has 0 aliphatic rings. The first-order chi connectivity index (χ1) is 13.0. The maximum atomic E-state index is 12.5. The van der Waals surface area contributed by atoms with E-state index in [0.717, 1.165) is 42.3 Å². The maximum absolute atomic E-state index is 12.5. The van der Waals surface area contributed by atoms with E-state index in [0.29, 0.717) is 24.3 Å². The van der Waals surface area contributed by atoms with Crippen molar-refractivity contribution in [3.05, 3.63) is 34.9 Å². The average molecular weight is 369 g/mol. The van der Waals surface area contributed by atoms with Crippen molar-refractivity contribution in [1.82, 2.24) is 34.5 Å². The van der Waals surface area contributed by atoms with E-state index in [1.54, 1.807) is 4.52 Å². The van der Waals surface area contributed by atoms with Gasteiger partial charge in [0, 0.05) is 25.2 Å². The summed E-state index contributed by atoms with van der Waals surface area (Å²) in [6.45, 7) is 11.6. The van der Waals surface area contributed by atoms with Crippen LogP contribution in [0.15, 0.2) is 12.1 Å². The van der Waals surface area contributed by atoms with Crippen LogP contribution in [0.3, 0.4) is 0 Å². The summed E-state index contributed by atoms with van der Waals surface area (Å²) in [7, 11) is 0. The van der Waals surface area contributed by atoms with Gasteiger partial charge in [-0.3, -0.25) is 4.79 Å². The van der Waals surface area contributed by atoms with Gasteiger partial charge in [-0.2, -0.15) is 9.61 Å². The van der Waals surface area contributed by atoms with Gasteiger partial charge in [0.05, 0.1) is 5.69 Å².